The summed E-state index contributed by atoms with van der Waals surface area (Å²) in [6.45, 7) is 17.9. The lowest BCUT2D eigenvalue weighted by Crippen LogP contribution is -2.60. The standard InChI is InChI=1S/C64H103N17O12/c1-34(2)25-46(55(85)73-33-53(83)74-52(62(92)93)30-39-19-21-41(82)22-20-39)77-58(88)49(28-37(7)8)80-59(89)48(27-36(5)6)78-56(86)45(18-14-24-71-64(68)69)75-57(87)47(26-35(3)4)79-60(90)50(29-38(9)10)81-61(91)51(31-40-32-72-44-17-12-11-15-42(40)44)76-54(84)43(65)16-13-23-70-63(66)67/h11-12,15,17,19-22,32,34-38,43,45-52,72,82H,13-14,16,18,23-31,33,65H2,1-10H3,(H,73,85)(H,74,83)(H,75,87)(H,76,84)(H,77,88)(H,78,86)(H,79,90)(H,80,89)(H,81,91)(H,92,93)(H4,66,67,70)(H4,68,69,71)/t43-,45-,46-,47-,48-,49-,50-,51-,52-/m0/s1. The number of rotatable bonds is 41. The molecule has 0 radical (unpaired) electrons. The molecule has 0 saturated heterocycles. The van der Waals surface area contributed by atoms with Gasteiger partial charge in [0.15, 0.2) is 11.9 Å². The van der Waals surface area contributed by atoms with E-state index in [9.17, 15) is 58.2 Å². The molecule has 0 saturated carbocycles. The highest BCUT2D eigenvalue weighted by atomic mass is 16.4. The van der Waals surface area contributed by atoms with Gasteiger partial charge in [-0.05, 0) is 117 Å². The Morgan fingerprint density at radius 1 is 0.462 bits per heavy atom. The molecule has 516 valence electrons. The molecule has 29 nitrogen and oxygen atoms in total. The highest BCUT2D eigenvalue weighted by Gasteiger charge is 2.36. The Morgan fingerprint density at radius 3 is 1.28 bits per heavy atom. The zero-order chi connectivity index (χ0) is 69.6. The quantitative estimate of drug-likeness (QED) is 0.0208. The summed E-state index contributed by atoms with van der Waals surface area (Å²) in [7, 11) is 0. The number of carbonyl (C=O) groups excluding carboxylic acids is 9. The lowest BCUT2D eigenvalue weighted by molar-refractivity contribution is -0.141. The first-order valence-corrected chi connectivity index (χ1v) is 31.8. The number of aromatic amines is 1. The van der Waals surface area contributed by atoms with Crippen molar-refractivity contribution in [3.63, 3.8) is 0 Å². The molecule has 1 aromatic heterocycles. The second kappa shape index (κ2) is 39.4. The minimum absolute atomic E-state index is 0.00702. The molecule has 9 atom stereocenters. The maximum Gasteiger partial charge on any atom is 0.326 e. The lowest BCUT2D eigenvalue weighted by atomic mass is 9.98. The molecule has 0 aliphatic carbocycles. The molecule has 0 aliphatic heterocycles. The van der Waals surface area contributed by atoms with E-state index in [0.717, 1.165) is 10.9 Å². The van der Waals surface area contributed by atoms with Crippen LogP contribution in [0.15, 0.2) is 64.7 Å². The number of carboxylic acids is 1. The summed E-state index contributed by atoms with van der Waals surface area (Å²) in [6, 6.07) is 1.99. The summed E-state index contributed by atoms with van der Waals surface area (Å²) in [5, 5.41) is 44.6. The van der Waals surface area contributed by atoms with E-state index in [-0.39, 0.29) is 125 Å². The summed E-state index contributed by atoms with van der Waals surface area (Å²) in [5.41, 5.74) is 30.4. The van der Waals surface area contributed by atoms with Gasteiger partial charge in [-0.15, -0.1) is 0 Å². The second-order valence-electron chi connectivity index (χ2n) is 25.7. The summed E-state index contributed by atoms with van der Waals surface area (Å²) >= 11 is 0. The minimum atomic E-state index is -1.37. The molecule has 0 spiro atoms. The number of nitrogens with two attached hydrogens (primary N) is 5. The third-order valence-electron chi connectivity index (χ3n) is 14.7. The van der Waals surface area contributed by atoms with E-state index in [1.807, 2.05) is 93.5 Å². The Balaban J connectivity index is 1.89. The number of phenolic OH excluding ortho intramolecular Hbond substituents is 1. The van der Waals surface area contributed by atoms with Crippen molar-refractivity contribution in [3.05, 3.63) is 65.9 Å². The van der Waals surface area contributed by atoms with Crippen LogP contribution in [0.3, 0.4) is 0 Å². The number of aliphatic carboxylic acids is 1. The molecular weight excluding hydrogens is 1200 g/mol. The van der Waals surface area contributed by atoms with E-state index in [4.69, 9.17) is 28.7 Å². The Labute approximate surface area is 544 Å². The number of nitrogens with zero attached hydrogens (tertiary/aromatic N) is 2. The molecular formula is C64H103N17O12. The Morgan fingerprint density at radius 2 is 0.849 bits per heavy atom. The lowest BCUT2D eigenvalue weighted by Gasteiger charge is -2.29. The fourth-order valence-corrected chi connectivity index (χ4v) is 10.2. The highest BCUT2D eigenvalue weighted by Crippen LogP contribution is 2.21. The maximum atomic E-state index is 14.6. The number of amides is 9. The smallest absolute Gasteiger partial charge is 0.326 e. The third-order valence-corrected chi connectivity index (χ3v) is 14.7. The van der Waals surface area contributed by atoms with Crippen molar-refractivity contribution in [1.82, 2.24) is 52.8 Å². The minimum Gasteiger partial charge on any atom is -0.508 e. The van der Waals surface area contributed by atoms with E-state index in [2.05, 4.69) is 62.8 Å². The highest BCUT2D eigenvalue weighted by molar-refractivity contribution is 5.98. The van der Waals surface area contributed by atoms with Gasteiger partial charge >= 0.3 is 5.97 Å². The maximum absolute atomic E-state index is 14.6. The van der Waals surface area contributed by atoms with E-state index >= 15 is 0 Å². The van der Waals surface area contributed by atoms with Crippen molar-refractivity contribution in [2.45, 2.75) is 194 Å². The molecule has 29 heteroatoms. The van der Waals surface area contributed by atoms with Crippen LogP contribution in [0.1, 0.15) is 138 Å². The van der Waals surface area contributed by atoms with Crippen LogP contribution in [0, 0.1) is 29.6 Å². The number of H-pyrrole nitrogens is 1. The molecule has 3 rings (SSSR count). The number of phenols is 1. The number of fused-ring (bicyclic) bond motifs is 1. The average Bonchev–Trinajstić information content (AvgIpc) is 1.76. The van der Waals surface area contributed by atoms with Crippen molar-refractivity contribution >= 4 is 82.0 Å². The van der Waals surface area contributed by atoms with Crippen LogP contribution in [0.25, 0.3) is 10.9 Å². The molecule has 1 heterocycles. The normalized spacial score (nSPS) is 14.3. The fourth-order valence-electron chi connectivity index (χ4n) is 10.2. The van der Waals surface area contributed by atoms with Crippen LogP contribution in [0.4, 0.5) is 0 Å². The zero-order valence-corrected chi connectivity index (χ0v) is 55.4. The number of para-hydroxylation sites is 1. The van der Waals surface area contributed by atoms with Crippen molar-refractivity contribution in [1.29, 1.82) is 0 Å². The molecule has 2 aromatic carbocycles. The Kier molecular flexibility index (Phi) is 33.1. The van der Waals surface area contributed by atoms with Crippen molar-refractivity contribution < 1.29 is 58.2 Å². The number of hydrogen-bond donors (Lipinski definition) is 17. The third kappa shape index (κ3) is 29.4. The van der Waals surface area contributed by atoms with E-state index < -0.39 is 120 Å². The Hall–Kier alpha value is -9.02. The molecule has 9 amide bonds. The van der Waals surface area contributed by atoms with E-state index in [0.29, 0.717) is 17.5 Å². The molecule has 93 heavy (non-hydrogen) atoms. The van der Waals surface area contributed by atoms with E-state index in [1.165, 1.54) is 24.3 Å². The van der Waals surface area contributed by atoms with Crippen LogP contribution >= 0.6 is 0 Å². The largest absolute Gasteiger partial charge is 0.508 e. The number of nitrogens with one attached hydrogen (secondary N) is 10. The number of aliphatic imine (C=N–C) groups is 2. The fraction of sp³-hybridized carbons (Fsp3) is 0.594. The van der Waals surface area contributed by atoms with Gasteiger partial charge in [-0.2, -0.15) is 0 Å². The summed E-state index contributed by atoms with van der Waals surface area (Å²) in [4.78, 5) is 151. The number of carboxylic acid groups (broad SMARTS) is 1. The van der Waals surface area contributed by atoms with Crippen LogP contribution in [-0.2, 0) is 60.8 Å². The van der Waals surface area contributed by atoms with Crippen LogP contribution in [-0.4, -0.2) is 160 Å². The van der Waals surface area contributed by atoms with Crippen LogP contribution in [0.2, 0.25) is 0 Å². The van der Waals surface area contributed by atoms with Gasteiger partial charge in [-0.3, -0.25) is 53.1 Å². The molecule has 3 aromatic rings. The molecule has 0 bridgehead atoms. The average molecular weight is 1300 g/mol. The van der Waals surface area contributed by atoms with Crippen LogP contribution in [0.5, 0.6) is 5.75 Å². The SMILES string of the molecule is CC(C)C[C@H](NC(=O)[C@H](CC(C)C)NC(=O)[C@H](CC(C)C)NC(=O)[C@H](CCCN=C(N)N)NC(=O)[C@H](CC(C)C)NC(=O)[C@H](CC(C)C)NC(=O)[C@H](Cc1c[nH]c2ccccc12)NC(=O)[C@@H](N)CCCN=C(N)N)C(=O)NCC(=O)N[C@@H](Cc1ccc(O)cc1)C(=O)O. The summed E-state index contributed by atoms with van der Waals surface area (Å²) in [5.74, 6) is -9.24. The molecule has 0 fully saturated rings. The second-order valence-corrected chi connectivity index (χ2v) is 25.7. The van der Waals surface area contributed by atoms with Gasteiger partial charge in [0.1, 0.15) is 54.1 Å². The predicted molar refractivity (Wildman–Crippen MR) is 355 cm³/mol. The van der Waals surface area contributed by atoms with Gasteiger partial charge in [-0.25, -0.2) is 4.79 Å². The van der Waals surface area contributed by atoms with Gasteiger partial charge < -0.3 is 91.7 Å². The first-order chi connectivity index (χ1) is 43.7. The van der Waals surface area contributed by atoms with Gasteiger partial charge in [-0.1, -0.05) is 99.6 Å². The number of hydrogen-bond acceptors (Lipinski definition) is 14. The zero-order valence-electron chi connectivity index (χ0n) is 55.4. The summed E-state index contributed by atoms with van der Waals surface area (Å²) < 4.78 is 0. The topological polar surface area (TPSA) is 490 Å². The van der Waals surface area contributed by atoms with Gasteiger partial charge in [0, 0.05) is 43.0 Å². The first-order valence-electron chi connectivity index (χ1n) is 31.8. The molecule has 0 aliphatic rings. The van der Waals surface area contributed by atoms with Gasteiger partial charge in [0.25, 0.3) is 0 Å². The number of benzene rings is 2. The monoisotopic (exact) mass is 1300 g/mol. The number of aromatic hydroxyl groups is 1. The first kappa shape index (κ1) is 78.2. The molecule has 22 N–H and O–H groups in total. The van der Waals surface area contributed by atoms with Crippen LogP contribution < -0.4 is 76.5 Å². The number of guanidine groups is 2. The van der Waals surface area contributed by atoms with E-state index in [1.54, 1.807) is 6.20 Å². The number of carbonyl (C=O) groups is 10. The van der Waals surface area contributed by atoms with Gasteiger partial charge in [0.05, 0.1) is 12.6 Å². The number of aromatic nitrogens is 1. The predicted octanol–water partition coefficient (Wildman–Crippen LogP) is 0.403. The molecule has 0 unspecified atom stereocenters. The van der Waals surface area contributed by atoms with Crippen molar-refractivity contribution in [3.8, 4) is 5.75 Å². The van der Waals surface area contributed by atoms with Gasteiger partial charge in [0.2, 0.25) is 53.2 Å². The van der Waals surface area contributed by atoms with Crippen molar-refractivity contribution in [2.75, 3.05) is 19.6 Å². The van der Waals surface area contributed by atoms with Crippen molar-refractivity contribution in [2.24, 2.45) is 68.2 Å². The summed E-state index contributed by atoms with van der Waals surface area (Å²) in [6.07, 6.45) is 2.75. The Bertz CT molecular complexity index is 3010.